The Morgan fingerprint density at radius 2 is 1.02 bits per heavy atom. The molecule has 3 heterocycles. The van der Waals surface area contributed by atoms with Gasteiger partial charge in [0.15, 0.2) is 0 Å². The molecular weight excluding hydrogens is 693 g/mol. The van der Waals surface area contributed by atoms with Crippen LogP contribution in [0.15, 0.2) is 192 Å². The molecule has 0 spiro atoms. The van der Waals surface area contributed by atoms with Crippen LogP contribution in [-0.4, -0.2) is 9.13 Å². The fourth-order valence-electron chi connectivity index (χ4n) is 9.33. The molecule has 0 aliphatic heterocycles. The van der Waals surface area contributed by atoms with Gasteiger partial charge in [-0.25, -0.2) is 0 Å². The van der Waals surface area contributed by atoms with Gasteiger partial charge >= 0.3 is 0 Å². The van der Waals surface area contributed by atoms with Crippen molar-refractivity contribution in [1.82, 2.24) is 9.13 Å². The van der Waals surface area contributed by atoms with Gasteiger partial charge in [-0.05, 0) is 113 Å². The maximum absolute atomic E-state index is 6.46. The predicted molar refractivity (Wildman–Crippen MR) is 239 cm³/mol. The summed E-state index contributed by atoms with van der Waals surface area (Å²) in [6, 6.07) is 66.4. The lowest BCUT2D eigenvalue weighted by Gasteiger charge is -2.10. The highest BCUT2D eigenvalue weighted by molar-refractivity contribution is 6.17. The van der Waals surface area contributed by atoms with Gasteiger partial charge in [0, 0.05) is 50.3 Å². The molecule has 3 aromatic heterocycles. The Balaban J connectivity index is 1.04. The highest BCUT2D eigenvalue weighted by atomic mass is 16.3. The molecule has 1 aliphatic carbocycles. The van der Waals surface area contributed by atoms with Crippen molar-refractivity contribution in [2.45, 2.75) is 12.8 Å². The van der Waals surface area contributed by atoms with E-state index in [1.54, 1.807) is 0 Å². The number of rotatable bonds is 5. The van der Waals surface area contributed by atoms with E-state index in [4.69, 9.17) is 4.42 Å². The van der Waals surface area contributed by atoms with Crippen LogP contribution in [0.25, 0.3) is 105 Å². The summed E-state index contributed by atoms with van der Waals surface area (Å²) in [5.41, 5.74) is 16.4. The van der Waals surface area contributed by atoms with E-state index in [0.29, 0.717) is 0 Å². The summed E-state index contributed by atoms with van der Waals surface area (Å²) in [5.74, 6) is 1.09. The predicted octanol–water partition coefficient (Wildman–Crippen LogP) is 14.6. The van der Waals surface area contributed by atoms with Crippen LogP contribution in [0.1, 0.15) is 17.7 Å². The van der Waals surface area contributed by atoms with Gasteiger partial charge in [-0.2, -0.15) is 0 Å². The second-order valence-electron chi connectivity index (χ2n) is 15.2. The third kappa shape index (κ3) is 4.99. The van der Waals surface area contributed by atoms with Crippen molar-refractivity contribution < 1.29 is 4.42 Å². The van der Waals surface area contributed by atoms with Crippen molar-refractivity contribution in [2.24, 2.45) is 0 Å². The fraction of sp³-hybridized carbons (Fsp3) is 0.0370. The molecule has 268 valence electrons. The molecule has 0 amide bonds. The molecule has 0 unspecified atom stereocenters. The number of aromatic nitrogens is 2. The van der Waals surface area contributed by atoms with Gasteiger partial charge in [0.1, 0.15) is 11.3 Å². The van der Waals surface area contributed by atoms with Crippen molar-refractivity contribution in [3.05, 3.63) is 199 Å². The van der Waals surface area contributed by atoms with Crippen molar-refractivity contribution in [1.29, 1.82) is 0 Å². The van der Waals surface area contributed by atoms with Crippen LogP contribution in [0, 0.1) is 0 Å². The molecule has 0 fully saturated rings. The maximum atomic E-state index is 6.46. The minimum atomic E-state index is 0.951. The van der Waals surface area contributed by atoms with Crippen molar-refractivity contribution in [3.63, 3.8) is 0 Å². The van der Waals surface area contributed by atoms with Crippen LogP contribution in [0.2, 0.25) is 0 Å². The molecule has 12 rings (SSSR count). The molecule has 0 radical (unpaired) electrons. The van der Waals surface area contributed by atoms with E-state index < -0.39 is 0 Å². The van der Waals surface area contributed by atoms with Crippen LogP contribution in [0.5, 0.6) is 0 Å². The summed E-state index contributed by atoms with van der Waals surface area (Å²) in [4.78, 5) is 0. The summed E-state index contributed by atoms with van der Waals surface area (Å²) in [6.07, 6.45) is 6.45. The van der Waals surface area contributed by atoms with E-state index in [-0.39, 0.29) is 0 Å². The number of aryl methyl sites for hydroxylation is 1. The number of nitrogens with zero attached hydrogens (tertiary/aromatic N) is 2. The Morgan fingerprint density at radius 3 is 1.84 bits per heavy atom. The number of furan rings is 1. The second-order valence-corrected chi connectivity index (χ2v) is 15.2. The number of para-hydroxylation sites is 2. The van der Waals surface area contributed by atoms with E-state index in [2.05, 4.69) is 203 Å². The zero-order valence-electron chi connectivity index (χ0n) is 31.2. The van der Waals surface area contributed by atoms with E-state index in [9.17, 15) is 0 Å². The maximum Gasteiger partial charge on any atom is 0.135 e. The van der Waals surface area contributed by atoms with Gasteiger partial charge in [0.25, 0.3) is 0 Å². The minimum absolute atomic E-state index is 0.951. The molecule has 0 saturated heterocycles. The topological polar surface area (TPSA) is 23.0 Å². The van der Waals surface area contributed by atoms with E-state index in [1.165, 1.54) is 82.4 Å². The smallest absolute Gasteiger partial charge is 0.135 e. The number of hydrogen-bond acceptors (Lipinski definition) is 1. The molecular formula is C54H36N2O. The van der Waals surface area contributed by atoms with E-state index in [0.717, 1.165) is 41.1 Å². The first-order valence-electron chi connectivity index (χ1n) is 19.8. The zero-order chi connectivity index (χ0) is 37.5. The molecule has 3 heteroatoms. The lowest BCUT2D eigenvalue weighted by atomic mass is 9.96. The third-order valence-electron chi connectivity index (χ3n) is 12.0. The molecule has 3 nitrogen and oxygen atoms in total. The Hall–Kier alpha value is -7.36. The number of benzene rings is 8. The van der Waals surface area contributed by atoms with Crippen molar-refractivity contribution in [3.8, 4) is 44.8 Å². The van der Waals surface area contributed by atoms with Crippen molar-refractivity contribution in [2.75, 3.05) is 0 Å². The Morgan fingerprint density at radius 1 is 0.404 bits per heavy atom. The Kier molecular flexibility index (Phi) is 7.05. The highest BCUT2D eigenvalue weighted by Crippen LogP contribution is 2.43. The summed E-state index contributed by atoms with van der Waals surface area (Å²) < 4.78 is 11.3. The SMILES string of the molecule is C1=Cc2c(oc3cc(-c4cccc5c4c4cc(-c6ccc7c(c6)c6ccccc6n7-c6ccc(-c7ccccc7)cc6)ccc4n5-c4ccccc4)ccc23)CC1. The van der Waals surface area contributed by atoms with Crippen LogP contribution in [0.4, 0.5) is 0 Å². The molecule has 0 saturated carbocycles. The van der Waals surface area contributed by atoms with E-state index in [1.807, 2.05) is 0 Å². The van der Waals surface area contributed by atoms with Gasteiger partial charge < -0.3 is 13.6 Å². The van der Waals surface area contributed by atoms with Crippen LogP contribution >= 0.6 is 0 Å². The summed E-state index contributed by atoms with van der Waals surface area (Å²) in [5, 5.41) is 6.14. The normalized spacial score (nSPS) is 12.7. The first-order valence-corrected chi connectivity index (χ1v) is 19.8. The Bertz CT molecular complexity index is 3380. The first-order chi connectivity index (χ1) is 28.3. The third-order valence-corrected chi connectivity index (χ3v) is 12.0. The summed E-state index contributed by atoms with van der Waals surface area (Å²) >= 11 is 0. The summed E-state index contributed by atoms with van der Waals surface area (Å²) in [6.45, 7) is 0. The first kappa shape index (κ1) is 31.9. The monoisotopic (exact) mass is 728 g/mol. The van der Waals surface area contributed by atoms with Gasteiger partial charge in [-0.1, -0.05) is 121 Å². The van der Waals surface area contributed by atoms with Crippen molar-refractivity contribution >= 4 is 60.7 Å². The zero-order valence-corrected chi connectivity index (χ0v) is 31.2. The van der Waals surface area contributed by atoms with Gasteiger partial charge in [0.05, 0.1) is 22.1 Å². The lowest BCUT2D eigenvalue weighted by Crippen LogP contribution is -1.94. The number of allylic oxidation sites excluding steroid dienone is 1. The average molecular weight is 729 g/mol. The molecule has 11 aromatic rings. The van der Waals surface area contributed by atoms with Gasteiger partial charge in [-0.15, -0.1) is 0 Å². The standard InChI is InChI=1S/C54H36N2O/c1-3-12-35(13-4-1)36-22-27-41(28-23-36)55-48-19-9-7-16-43(48)46-32-37(25-30-49(46)55)38-26-31-50-47(33-38)54-42(18-11-20-51(54)56(50)40-14-5-2-6-15-40)39-24-29-45-44-17-8-10-21-52(44)57-53(45)34-39/h1-9,11-20,22-34H,10,21H2. The van der Waals surface area contributed by atoms with Crippen LogP contribution in [0.3, 0.4) is 0 Å². The molecule has 0 N–H and O–H groups in total. The lowest BCUT2D eigenvalue weighted by molar-refractivity contribution is 0.546. The summed E-state index contributed by atoms with van der Waals surface area (Å²) in [7, 11) is 0. The Labute approximate surface area is 330 Å². The van der Waals surface area contributed by atoms with E-state index >= 15 is 0 Å². The molecule has 8 aromatic carbocycles. The molecule has 1 aliphatic rings. The average Bonchev–Trinajstić information content (AvgIpc) is 3.94. The molecule has 57 heavy (non-hydrogen) atoms. The second kappa shape index (κ2) is 12.6. The van der Waals surface area contributed by atoms with Gasteiger partial charge in [0.2, 0.25) is 0 Å². The van der Waals surface area contributed by atoms with Crippen LogP contribution in [-0.2, 0) is 6.42 Å². The molecule has 0 bridgehead atoms. The van der Waals surface area contributed by atoms with Gasteiger partial charge in [-0.3, -0.25) is 0 Å². The number of fused-ring (bicyclic) bond motifs is 9. The minimum Gasteiger partial charge on any atom is -0.460 e. The quantitative estimate of drug-likeness (QED) is 0.173. The highest BCUT2D eigenvalue weighted by Gasteiger charge is 2.20. The largest absolute Gasteiger partial charge is 0.460 e. The van der Waals surface area contributed by atoms with Crippen LogP contribution < -0.4 is 0 Å². The molecule has 0 atom stereocenters. The fourth-order valence-corrected chi connectivity index (χ4v) is 9.33. The number of hydrogen-bond donors (Lipinski definition) is 0.